The fourth-order valence-corrected chi connectivity index (χ4v) is 6.39. The van der Waals surface area contributed by atoms with Crippen molar-refractivity contribution >= 4 is 43.7 Å². The Hall–Kier alpha value is -4.64. The van der Waals surface area contributed by atoms with Gasteiger partial charge in [0.15, 0.2) is 0 Å². The molecule has 0 radical (unpaired) electrons. The second kappa shape index (κ2) is 9.68. The lowest BCUT2D eigenvalue weighted by atomic mass is 9.84. The predicted octanol–water partition coefficient (Wildman–Crippen LogP) is 10.4. The molecule has 0 amide bonds. The largest absolute Gasteiger partial charge is 0.506 e. The SMILES string of the molecule is CC(C)n1c(-c2cc(C(C)(C)C)cc3c2[nH]c2ccc(C(C)(C)C)cc23)nc2c(-c3ccc4cccc(O)c4n3)cccc21. The molecule has 0 aliphatic heterocycles. The molecule has 0 aliphatic carbocycles. The first kappa shape index (κ1) is 28.1. The number of nitrogens with zero attached hydrogens (tertiary/aromatic N) is 3. The smallest absolute Gasteiger partial charge is 0.143 e. The summed E-state index contributed by atoms with van der Waals surface area (Å²) in [6.07, 6.45) is 0. The third-order valence-electron chi connectivity index (χ3n) is 8.89. The average molecular weight is 581 g/mol. The molecule has 0 fully saturated rings. The summed E-state index contributed by atoms with van der Waals surface area (Å²) < 4.78 is 2.35. The zero-order valence-corrected chi connectivity index (χ0v) is 26.9. The van der Waals surface area contributed by atoms with Crippen LogP contribution < -0.4 is 0 Å². The minimum atomic E-state index is -0.0506. The number of hydrogen-bond donors (Lipinski definition) is 2. The Morgan fingerprint density at radius 3 is 2.16 bits per heavy atom. The Balaban J connectivity index is 1.55. The molecule has 3 heterocycles. The van der Waals surface area contributed by atoms with Gasteiger partial charge in [0.05, 0.1) is 22.2 Å². The van der Waals surface area contributed by atoms with E-state index in [2.05, 4.69) is 113 Å². The Morgan fingerprint density at radius 1 is 0.705 bits per heavy atom. The van der Waals surface area contributed by atoms with Crippen molar-refractivity contribution in [2.24, 2.45) is 0 Å². The van der Waals surface area contributed by atoms with Crippen molar-refractivity contribution in [2.75, 3.05) is 0 Å². The van der Waals surface area contributed by atoms with E-state index < -0.39 is 0 Å². The number of aromatic hydroxyl groups is 1. The number of pyridine rings is 1. The van der Waals surface area contributed by atoms with Crippen LogP contribution in [0.2, 0.25) is 0 Å². The summed E-state index contributed by atoms with van der Waals surface area (Å²) in [4.78, 5) is 14.1. The highest BCUT2D eigenvalue weighted by molar-refractivity contribution is 6.12. The fraction of sp³-hybridized carbons (Fsp3) is 0.282. The molecule has 44 heavy (non-hydrogen) atoms. The van der Waals surface area contributed by atoms with Gasteiger partial charge in [-0.15, -0.1) is 0 Å². The number of H-pyrrole nitrogens is 1. The van der Waals surface area contributed by atoms with Gasteiger partial charge < -0.3 is 14.7 Å². The lowest BCUT2D eigenvalue weighted by Gasteiger charge is -2.22. The van der Waals surface area contributed by atoms with Crippen LogP contribution in [0.5, 0.6) is 5.75 Å². The van der Waals surface area contributed by atoms with E-state index in [-0.39, 0.29) is 22.6 Å². The summed E-state index contributed by atoms with van der Waals surface area (Å²) in [5.74, 6) is 1.12. The molecule has 0 bridgehead atoms. The fourth-order valence-electron chi connectivity index (χ4n) is 6.39. The Bertz CT molecular complexity index is 2240. The quantitative estimate of drug-likeness (QED) is 0.218. The molecule has 2 N–H and O–H groups in total. The number of hydrogen-bond acceptors (Lipinski definition) is 3. The van der Waals surface area contributed by atoms with E-state index in [9.17, 15) is 5.11 Å². The van der Waals surface area contributed by atoms with Crippen LogP contribution >= 0.6 is 0 Å². The monoisotopic (exact) mass is 580 g/mol. The maximum atomic E-state index is 10.6. The highest BCUT2D eigenvalue weighted by Gasteiger charge is 2.25. The van der Waals surface area contributed by atoms with Crippen LogP contribution in [0.3, 0.4) is 0 Å². The number of phenolic OH excluding ortho intramolecular Hbond substituents is 1. The van der Waals surface area contributed by atoms with Crippen LogP contribution in [-0.4, -0.2) is 24.6 Å². The maximum absolute atomic E-state index is 10.6. The molecule has 0 spiro atoms. The molecule has 7 aromatic rings. The van der Waals surface area contributed by atoms with Gasteiger partial charge in [-0.05, 0) is 78.3 Å². The van der Waals surface area contributed by atoms with Crippen LogP contribution in [0.1, 0.15) is 72.6 Å². The average Bonchev–Trinajstić information content (AvgIpc) is 3.54. The van der Waals surface area contributed by atoms with Gasteiger partial charge >= 0.3 is 0 Å². The number of nitrogens with one attached hydrogen (secondary N) is 1. The highest BCUT2D eigenvalue weighted by Crippen LogP contribution is 2.41. The number of aromatic amines is 1. The first-order valence-corrected chi connectivity index (χ1v) is 15.5. The van der Waals surface area contributed by atoms with E-state index in [1.54, 1.807) is 6.07 Å². The van der Waals surface area contributed by atoms with Crippen molar-refractivity contribution in [3.05, 3.63) is 90.0 Å². The molecule has 0 saturated heterocycles. The molecule has 5 nitrogen and oxygen atoms in total. The summed E-state index contributed by atoms with van der Waals surface area (Å²) in [6, 6.07) is 27.5. The van der Waals surface area contributed by atoms with Gasteiger partial charge in [-0.25, -0.2) is 9.97 Å². The summed E-state index contributed by atoms with van der Waals surface area (Å²) in [7, 11) is 0. The van der Waals surface area contributed by atoms with Crippen molar-refractivity contribution in [1.82, 2.24) is 19.5 Å². The van der Waals surface area contributed by atoms with Crippen LogP contribution in [0.25, 0.3) is 66.4 Å². The number of rotatable bonds is 3. The second-order valence-corrected chi connectivity index (χ2v) is 14.4. The van der Waals surface area contributed by atoms with Crippen molar-refractivity contribution in [1.29, 1.82) is 0 Å². The number of benzene rings is 4. The number of aromatic nitrogens is 4. The molecular weight excluding hydrogens is 540 g/mol. The van der Waals surface area contributed by atoms with Gasteiger partial charge in [-0.3, -0.25) is 0 Å². The first-order chi connectivity index (χ1) is 20.8. The Labute approximate surface area is 258 Å². The van der Waals surface area contributed by atoms with E-state index in [4.69, 9.17) is 9.97 Å². The lowest BCUT2D eigenvalue weighted by Crippen LogP contribution is -2.12. The molecule has 0 aliphatic rings. The molecule has 5 heteroatoms. The zero-order chi connectivity index (χ0) is 31.1. The third-order valence-corrected chi connectivity index (χ3v) is 8.89. The molecule has 0 saturated carbocycles. The van der Waals surface area contributed by atoms with Gasteiger partial charge in [0, 0.05) is 38.8 Å². The van der Waals surface area contributed by atoms with Crippen molar-refractivity contribution in [2.45, 2.75) is 72.3 Å². The van der Waals surface area contributed by atoms with Crippen LogP contribution in [0.4, 0.5) is 0 Å². The van der Waals surface area contributed by atoms with Crippen LogP contribution in [-0.2, 0) is 10.8 Å². The molecule has 222 valence electrons. The molecule has 0 atom stereocenters. The van der Waals surface area contributed by atoms with Gasteiger partial charge in [-0.2, -0.15) is 0 Å². The van der Waals surface area contributed by atoms with E-state index in [1.165, 1.54) is 21.9 Å². The van der Waals surface area contributed by atoms with Crippen molar-refractivity contribution in [3.63, 3.8) is 0 Å². The number of para-hydroxylation sites is 2. The highest BCUT2D eigenvalue weighted by atomic mass is 16.3. The van der Waals surface area contributed by atoms with E-state index >= 15 is 0 Å². The van der Waals surface area contributed by atoms with Crippen LogP contribution in [0.15, 0.2) is 78.9 Å². The topological polar surface area (TPSA) is 66.7 Å². The molecule has 3 aromatic heterocycles. The maximum Gasteiger partial charge on any atom is 0.143 e. The Kier molecular flexibility index (Phi) is 6.19. The minimum Gasteiger partial charge on any atom is -0.506 e. The second-order valence-electron chi connectivity index (χ2n) is 14.4. The first-order valence-electron chi connectivity index (χ1n) is 15.5. The summed E-state index contributed by atoms with van der Waals surface area (Å²) >= 11 is 0. The minimum absolute atomic E-state index is 0.0506. The summed E-state index contributed by atoms with van der Waals surface area (Å²) in [6.45, 7) is 18.1. The van der Waals surface area contributed by atoms with Gasteiger partial charge in [0.25, 0.3) is 0 Å². The van der Waals surface area contributed by atoms with E-state index in [0.29, 0.717) is 5.52 Å². The normalized spacial score (nSPS) is 12.8. The standard InChI is InChI=1S/C39H40N4O/c1-22(2)43-32-13-10-12-26(30-17-15-23-11-9-14-33(44)34(23)40-30)36(32)42-37(43)29-21-25(39(6,7)8)20-28-27-19-24(38(3,4)5)16-18-31(27)41-35(28)29/h9-22,41,44H,1-8H3. The number of fused-ring (bicyclic) bond motifs is 5. The molecule has 4 aromatic carbocycles. The van der Waals surface area contributed by atoms with Gasteiger partial charge in [0.2, 0.25) is 0 Å². The molecule has 0 unspecified atom stereocenters. The van der Waals surface area contributed by atoms with Crippen LogP contribution in [0, 0.1) is 0 Å². The van der Waals surface area contributed by atoms with E-state index in [0.717, 1.165) is 50.1 Å². The van der Waals surface area contributed by atoms with Gasteiger partial charge in [-0.1, -0.05) is 77.9 Å². The lowest BCUT2D eigenvalue weighted by molar-refractivity contribution is 0.480. The molecule has 7 rings (SSSR count). The predicted molar refractivity (Wildman–Crippen MR) is 185 cm³/mol. The summed E-state index contributed by atoms with van der Waals surface area (Å²) in [5.41, 5.74) is 10.2. The Morgan fingerprint density at radius 2 is 1.43 bits per heavy atom. The van der Waals surface area contributed by atoms with E-state index in [1.807, 2.05) is 24.3 Å². The zero-order valence-electron chi connectivity index (χ0n) is 26.9. The molecular formula is C39H40N4O. The van der Waals surface area contributed by atoms with Crippen molar-refractivity contribution < 1.29 is 5.11 Å². The number of imidazole rings is 1. The summed E-state index contributed by atoms with van der Waals surface area (Å²) in [5, 5.41) is 13.9. The van der Waals surface area contributed by atoms with Crippen molar-refractivity contribution in [3.8, 4) is 28.4 Å². The van der Waals surface area contributed by atoms with Gasteiger partial charge in [0.1, 0.15) is 17.1 Å². The third kappa shape index (κ3) is 4.45. The number of phenols is 1.